The first-order valence-electron chi connectivity index (χ1n) is 0.626. The van der Waals surface area contributed by atoms with E-state index in [2.05, 4.69) is 16.2 Å². The van der Waals surface area contributed by atoms with Gasteiger partial charge in [-0.25, -0.2) is 0 Å². The van der Waals surface area contributed by atoms with E-state index >= 15 is 0 Å². The predicted molar refractivity (Wildman–Crippen MR) is 13.0 cm³/mol. The molecule has 2 nitrogen and oxygen atoms in total. The van der Waals surface area contributed by atoms with E-state index in [1.165, 1.54) is 0 Å². The van der Waals surface area contributed by atoms with Crippen molar-refractivity contribution in [2.45, 2.75) is 0 Å². The minimum atomic E-state index is 0. The van der Waals surface area contributed by atoms with Crippen molar-refractivity contribution in [1.29, 1.82) is 0 Å². The average molecular weight is 146 g/mol. The van der Waals surface area contributed by atoms with Gasteiger partial charge in [-0.2, -0.15) is 0 Å². The molecule has 0 saturated carbocycles. The fourth-order valence-corrected chi connectivity index (χ4v) is 0. The van der Waals surface area contributed by atoms with Gasteiger partial charge in [-0.1, -0.05) is 0 Å². The molecule has 0 saturated heterocycles. The molecule has 0 spiro atoms. The quantitative estimate of drug-likeness (QED) is 0.393. The molecule has 5 heavy (non-hydrogen) atoms. The van der Waals surface area contributed by atoms with Gasteiger partial charge in [0.25, 0.3) is 0 Å². The van der Waals surface area contributed by atoms with Crippen molar-refractivity contribution in [2.24, 2.45) is 0 Å². The van der Waals surface area contributed by atoms with Crippen LogP contribution < -0.4 is 0 Å². The van der Waals surface area contributed by atoms with E-state index in [1.807, 2.05) is 0 Å². The van der Waals surface area contributed by atoms with Gasteiger partial charge in [-0.3, -0.25) is 4.79 Å². The molecule has 0 aliphatic heterocycles. The molecular weight excluding hydrogens is 145 g/mol. The molecule has 4 heteroatoms. The summed E-state index contributed by atoms with van der Waals surface area (Å²) in [6, 6.07) is 0. The Morgan fingerprint density at radius 2 is 2.00 bits per heavy atom. The topological polar surface area (TPSA) is 26.3 Å². The minimum Gasteiger partial charge on any atom is -0.350 e. The molecule has 0 bridgehead atoms. The molecule has 0 amide bonds. The Bertz CT molecular complexity index is 23.6. The van der Waals surface area contributed by atoms with Crippen LogP contribution in [0.15, 0.2) is 0 Å². The number of carbonyl (C=O) groups is 1. The Morgan fingerprint density at radius 1 is 1.80 bits per heavy atom. The summed E-state index contributed by atoms with van der Waals surface area (Å²) in [7, 11) is 0. The first kappa shape index (κ1) is 9.04. The molecule has 0 heterocycles. The molecule has 0 atom stereocenters. The van der Waals surface area contributed by atoms with E-state index in [9.17, 15) is 0 Å². The molecule has 0 unspecified atom stereocenters. The normalized spacial score (nSPS) is 4.20. The van der Waals surface area contributed by atoms with Crippen LogP contribution in [-0.4, -0.2) is 6.47 Å². The zero-order chi connectivity index (χ0) is 3.41. The summed E-state index contributed by atoms with van der Waals surface area (Å²) in [5.74, 6) is 0. The summed E-state index contributed by atoms with van der Waals surface area (Å²) >= 11 is 4.32. The number of hydrogen-bond acceptors (Lipinski definition) is 2. The van der Waals surface area contributed by atoms with Crippen molar-refractivity contribution in [3.63, 3.8) is 0 Å². The third-order valence-electron chi connectivity index (χ3n) is 0.0364. The second kappa shape index (κ2) is 8.83. The van der Waals surface area contributed by atoms with Crippen molar-refractivity contribution in [3.8, 4) is 0 Å². The first-order valence-corrected chi connectivity index (χ1v) is 0.934. The second-order valence-corrected chi connectivity index (χ2v) is 0.363. The van der Waals surface area contributed by atoms with E-state index in [0.717, 1.165) is 0 Å². The van der Waals surface area contributed by atoms with Crippen molar-refractivity contribution in [3.05, 3.63) is 0 Å². The summed E-state index contributed by atoms with van der Waals surface area (Å²) < 4.78 is 3.33. The van der Waals surface area contributed by atoms with Crippen LogP contribution in [0.5, 0.6) is 0 Å². The average Bonchev–Trinajstić information content (AvgIpc) is 1.37. The van der Waals surface area contributed by atoms with Crippen LogP contribution in [-0.2, 0) is 28.6 Å². The molecule has 0 rings (SSSR count). The Balaban J connectivity index is 0. The van der Waals surface area contributed by atoms with E-state index in [0.29, 0.717) is 0 Å². The van der Waals surface area contributed by atoms with Gasteiger partial charge >= 0.3 is 6.47 Å². The fourth-order valence-electron chi connectivity index (χ4n) is 0. The van der Waals surface area contributed by atoms with Crippen molar-refractivity contribution < 1.29 is 28.6 Å². The van der Waals surface area contributed by atoms with Gasteiger partial charge in [0.15, 0.2) is 0 Å². The van der Waals surface area contributed by atoms with Gasteiger partial charge in [0.05, 0.1) is 0 Å². The van der Waals surface area contributed by atoms with Crippen LogP contribution in [0.3, 0.4) is 0 Å². The van der Waals surface area contributed by atoms with Gasteiger partial charge in [0.1, 0.15) is 11.9 Å². The van der Waals surface area contributed by atoms with E-state index in [4.69, 9.17) is 4.79 Å². The SMILES string of the molecule is O=COCl.[Zn]. The maximum absolute atomic E-state index is 8.82. The third-order valence-corrected chi connectivity index (χ3v) is 0.109. The second-order valence-electron chi connectivity index (χ2n) is 0.185. The van der Waals surface area contributed by atoms with Crippen molar-refractivity contribution >= 4 is 18.3 Å². The molecule has 0 aromatic carbocycles. The van der Waals surface area contributed by atoms with Gasteiger partial charge in [-0.05, 0) is 0 Å². The Hall–Kier alpha value is 0.383. The zero-order valence-corrected chi connectivity index (χ0v) is 6.20. The Morgan fingerprint density at radius 3 is 2.00 bits per heavy atom. The van der Waals surface area contributed by atoms with Gasteiger partial charge in [0.2, 0.25) is 0 Å². The van der Waals surface area contributed by atoms with Crippen LogP contribution >= 0.6 is 11.9 Å². The maximum Gasteiger partial charge on any atom is 0.312 e. The Kier molecular flexibility index (Phi) is 16.0. The van der Waals surface area contributed by atoms with E-state index < -0.39 is 0 Å². The molecule has 0 aliphatic rings. The molecule has 0 aromatic rings. The zero-order valence-electron chi connectivity index (χ0n) is 2.48. The van der Waals surface area contributed by atoms with Gasteiger partial charge in [0, 0.05) is 19.5 Å². The maximum atomic E-state index is 8.82. The summed E-state index contributed by atoms with van der Waals surface area (Å²) in [5, 5.41) is 0. The van der Waals surface area contributed by atoms with Crippen LogP contribution in [0.4, 0.5) is 0 Å². The Labute approximate surface area is 47.4 Å². The molecular formula is CHClO2Zn. The molecule has 0 N–H and O–H groups in total. The first-order chi connectivity index (χ1) is 1.91. The molecule has 0 radical (unpaired) electrons. The molecule has 0 aliphatic carbocycles. The van der Waals surface area contributed by atoms with Crippen LogP contribution in [0.1, 0.15) is 0 Å². The summed E-state index contributed by atoms with van der Waals surface area (Å²) in [6.45, 7) is 0.140. The van der Waals surface area contributed by atoms with E-state index in [-0.39, 0.29) is 26.0 Å². The number of carbonyl (C=O) groups excluding carboxylic acids is 1. The predicted octanol–water partition coefficient (Wildman–Crippen LogP) is 0.311. The summed E-state index contributed by atoms with van der Waals surface area (Å²) in [4.78, 5) is 8.82. The number of hydrogen-bond donors (Lipinski definition) is 0. The van der Waals surface area contributed by atoms with E-state index in [1.54, 1.807) is 0 Å². The summed E-state index contributed by atoms with van der Waals surface area (Å²) in [6.07, 6.45) is 0. The fraction of sp³-hybridized carbons (Fsp3) is 0. The molecule has 26 valence electrons. The monoisotopic (exact) mass is 144 g/mol. The van der Waals surface area contributed by atoms with Crippen LogP contribution in [0.2, 0.25) is 0 Å². The van der Waals surface area contributed by atoms with Crippen molar-refractivity contribution in [1.82, 2.24) is 0 Å². The summed E-state index contributed by atoms with van der Waals surface area (Å²) in [5.41, 5.74) is 0. The largest absolute Gasteiger partial charge is 0.350 e. The minimum absolute atomic E-state index is 0. The van der Waals surface area contributed by atoms with Crippen LogP contribution in [0.25, 0.3) is 0 Å². The third kappa shape index (κ3) is 13.0. The molecule has 0 aromatic heterocycles. The number of rotatable bonds is 1. The number of halogens is 1. The molecule has 0 fully saturated rings. The van der Waals surface area contributed by atoms with Crippen molar-refractivity contribution in [2.75, 3.05) is 0 Å². The van der Waals surface area contributed by atoms with Gasteiger partial charge in [-0.15, -0.1) is 0 Å². The standard InChI is InChI=1S/CHClO2.Zn/c2-4-1-3;/h1H;. The smallest absolute Gasteiger partial charge is 0.312 e. The van der Waals surface area contributed by atoms with Gasteiger partial charge < -0.3 is 4.29 Å². The van der Waals surface area contributed by atoms with Crippen LogP contribution in [0, 0.1) is 0 Å².